The van der Waals surface area contributed by atoms with Crippen LogP contribution >= 0.6 is 7.60 Å². The average Bonchev–Trinajstić information content (AvgIpc) is 2.29. The summed E-state index contributed by atoms with van der Waals surface area (Å²) in [5.41, 5.74) is 0. The Morgan fingerprint density at radius 1 is 0.882 bits per heavy atom. The van der Waals surface area contributed by atoms with Gasteiger partial charge in [-0.3, -0.25) is 4.57 Å². The SMILES string of the molecule is CCCCCCCCP(=O)(O)OCCCCC. The van der Waals surface area contributed by atoms with Crippen LogP contribution in [0.1, 0.15) is 71.6 Å². The molecule has 1 unspecified atom stereocenters. The van der Waals surface area contributed by atoms with Crippen molar-refractivity contribution in [2.75, 3.05) is 12.8 Å². The van der Waals surface area contributed by atoms with Gasteiger partial charge in [-0.1, -0.05) is 58.8 Å². The highest BCUT2D eigenvalue weighted by molar-refractivity contribution is 7.52. The van der Waals surface area contributed by atoms with Crippen LogP contribution in [-0.2, 0) is 9.09 Å². The smallest absolute Gasteiger partial charge is 0.324 e. The van der Waals surface area contributed by atoms with Crippen LogP contribution in [0.25, 0.3) is 0 Å². The minimum Gasteiger partial charge on any atom is -0.324 e. The van der Waals surface area contributed by atoms with Crippen molar-refractivity contribution in [2.24, 2.45) is 0 Å². The molecule has 0 heterocycles. The maximum absolute atomic E-state index is 11.6. The van der Waals surface area contributed by atoms with E-state index >= 15 is 0 Å². The highest BCUT2D eigenvalue weighted by atomic mass is 31.2. The van der Waals surface area contributed by atoms with Crippen LogP contribution in [0.4, 0.5) is 0 Å². The van der Waals surface area contributed by atoms with Gasteiger partial charge in [-0.15, -0.1) is 0 Å². The van der Waals surface area contributed by atoms with Crippen molar-refractivity contribution in [1.29, 1.82) is 0 Å². The monoisotopic (exact) mass is 264 g/mol. The Balaban J connectivity index is 3.40. The summed E-state index contributed by atoms with van der Waals surface area (Å²) in [6.07, 6.45) is 10.2. The van der Waals surface area contributed by atoms with Gasteiger partial charge in [0.15, 0.2) is 0 Å². The summed E-state index contributed by atoms with van der Waals surface area (Å²) in [7, 11) is -3.29. The third-order valence-electron chi connectivity index (χ3n) is 2.84. The molecular weight excluding hydrogens is 235 g/mol. The van der Waals surface area contributed by atoms with Gasteiger partial charge in [0.25, 0.3) is 0 Å². The lowest BCUT2D eigenvalue weighted by molar-refractivity contribution is 0.252. The Hall–Kier alpha value is 0.150. The van der Waals surface area contributed by atoms with Crippen molar-refractivity contribution in [2.45, 2.75) is 71.6 Å². The molecule has 0 spiro atoms. The van der Waals surface area contributed by atoms with E-state index in [1.165, 1.54) is 25.7 Å². The normalized spacial score (nSPS) is 14.8. The van der Waals surface area contributed by atoms with Crippen molar-refractivity contribution in [3.8, 4) is 0 Å². The van der Waals surface area contributed by atoms with Crippen molar-refractivity contribution < 1.29 is 14.0 Å². The van der Waals surface area contributed by atoms with E-state index in [-0.39, 0.29) is 0 Å². The summed E-state index contributed by atoms with van der Waals surface area (Å²) in [6.45, 7) is 4.72. The summed E-state index contributed by atoms with van der Waals surface area (Å²) >= 11 is 0. The van der Waals surface area contributed by atoms with Crippen LogP contribution < -0.4 is 0 Å². The Morgan fingerprint density at radius 3 is 2.06 bits per heavy atom. The van der Waals surface area contributed by atoms with Gasteiger partial charge in [0.1, 0.15) is 0 Å². The summed E-state index contributed by atoms with van der Waals surface area (Å²) in [5.74, 6) is 0. The fraction of sp³-hybridized carbons (Fsp3) is 1.00. The zero-order chi connectivity index (χ0) is 13.0. The van der Waals surface area contributed by atoms with Crippen molar-refractivity contribution in [1.82, 2.24) is 0 Å². The lowest BCUT2D eigenvalue weighted by Gasteiger charge is -2.11. The van der Waals surface area contributed by atoms with Crippen molar-refractivity contribution in [3.63, 3.8) is 0 Å². The molecule has 0 fully saturated rings. The first-order chi connectivity index (χ1) is 8.12. The molecule has 0 aliphatic heterocycles. The Labute approximate surface area is 106 Å². The van der Waals surface area contributed by atoms with Crippen LogP contribution in [0.5, 0.6) is 0 Å². The second-order valence-corrected chi connectivity index (χ2v) is 6.65. The Morgan fingerprint density at radius 2 is 1.41 bits per heavy atom. The second kappa shape index (κ2) is 11.3. The zero-order valence-corrected chi connectivity index (χ0v) is 12.4. The first-order valence-electron chi connectivity index (χ1n) is 7.08. The molecule has 0 aromatic carbocycles. The fourth-order valence-electron chi connectivity index (χ4n) is 1.72. The summed E-state index contributed by atoms with van der Waals surface area (Å²) in [5, 5.41) is 0. The summed E-state index contributed by atoms with van der Waals surface area (Å²) < 4.78 is 16.7. The Bertz CT molecular complexity index is 207. The van der Waals surface area contributed by atoms with Crippen molar-refractivity contribution >= 4 is 7.60 Å². The van der Waals surface area contributed by atoms with Gasteiger partial charge in [-0.2, -0.15) is 0 Å². The van der Waals surface area contributed by atoms with Crippen LogP contribution in [-0.4, -0.2) is 17.7 Å². The highest BCUT2D eigenvalue weighted by Gasteiger charge is 2.17. The van der Waals surface area contributed by atoms with E-state index in [4.69, 9.17) is 4.52 Å². The highest BCUT2D eigenvalue weighted by Crippen LogP contribution is 2.43. The molecule has 0 bridgehead atoms. The van der Waals surface area contributed by atoms with Crippen molar-refractivity contribution in [3.05, 3.63) is 0 Å². The molecule has 4 heteroatoms. The van der Waals surface area contributed by atoms with E-state index in [0.29, 0.717) is 12.8 Å². The zero-order valence-electron chi connectivity index (χ0n) is 11.5. The van der Waals surface area contributed by atoms with Gasteiger partial charge in [-0.25, -0.2) is 0 Å². The minimum absolute atomic E-state index is 0.325. The van der Waals surface area contributed by atoms with Crippen LogP contribution in [0.15, 0.2) is 0 Å². The third kappa shape index (κ3) is 12.4. The maximum Gasteiger partial charge on any atom is 0.328 e. The molecule has 1 N–H and O–H groups in total. The predicted molar refractivity (Wildman–Crippen MR) is 73.5 cm³/mol. The largest absolute Gasteiger partial charge is 0.328 e. The molecule has 104 valence electrons. The first kappa shape index (κ1) is 17.2. The molecule has 3 nitrogen and oxygen atoms in total. The molecule has 0 aliphatic carbocycles. The molecule has 0 radical (unpaired) electrons. The number of unbranched alkanes of at least 4 members (excludes halogenated alkanes) is 7. The number of hydrogen-bond acceptors (Lipinski definition) is 2. The van der Waals surface area contributed by atoms with E-state index < -0.39 is 7.60 Å². The molecule has 0 aliphatic rings. The molecule has 0 rings (SSSR count). The van der Waals surface area contributed by atoms with E-state index in [2.05, 4.69) is 13.8 Å². The van der Waals surface area contributed by atoms with Crippen LogP contribution in [0.2, 0.25) is 0 Å². The van der Waals surface area contributed by atoms with Gasteiger partial charge in [0.05, 0.1) is 6.61 Å². The maximum atomic E-state index is 11.6. The topological polar surface area (TPSA) is 46.5 Å². The van der Waals surface area contributed by atoms with E-state index in [1.54, 1.807) is 0 Å². The lowest BCUT2D eigenvalue weighted by atomic mass is 10.1. The van der Waals surface area contributed by atoms with E-state index in [9.17, 15) is 9.46 Å². The lowest BCUT2D eigenvalue weighted by Crippen LogP contribution is -1.97. The van der Waals surface area contributed by atoms with Gasteiger partial charge in [0, 0.05) is 6.16 Å². The second-order valence-electron chi connectivity index (χ2n) is 4.67. The number of rotatable bonds is 12. The molecule has 0 saturated heterocycles. The first-order valence-corrected chi connectivity index (χ1v) is 8.85. The summed E-state index contributed by atoms with van der Waals surface area (Å²) in [6, 6.07) is 0. The summed E-state index contributed by atoms with van der Waals surface area (Å²) in [4.78, 5) is 9.55. The van der Waals surface area contributed by atoms with Gasteiger partial charge >= 0.3 is 7.60 Å². The molecule has 17 heavy (non-hydrogen) atoms. The molecule has 0 saturated carbocycles. The molecule has 1 atom stereocenters. The van der Waals surface area contributed by atoms with Gasteiger partial charge in [-0.05, 0) is 12.8 Å². The van der Waals surface area contributed by atoms with E-state index in [0.717, 1.165) is 32.1 Å². The third-order valence-corrected chi connectivity index (χ3v) is 4.30. The standard InChI is InChI=1S/C13H29O3P/c1-3-5-7-8-9-11-13-17(14,15)16-12-10-6-4-2/h3-13H2,1-2H3,(H,14,15). The minimum atomic E-state index is -3.29. The molecular formula is C13H29O3P. The van der Waals surface area contributed by atoms with Gasteiger partial charge in [0.2, 0.25) is 0 Å². The molecule has 0 aromatic heterocycles. The predicted octanol–water partition coefficient (Wildman–Crippen LogP) is 4.74. The number of hydrogen-bond donors (Lipinski definition) is 1. The average molecular weight is 264 g/mol. The Kier molecular flexibility index (Phi) is 11.4. The van der Waals surface area contributed by atoms with Crippen LogP contribution in [0, 0.1) is 0 Å². The van der Waals surface area contributed by atoms with Crippen LogP contribution in [0.3, 0.4) is 0 Å². The van der Waals surface area contributed by atoms with Gasteiger partial charge < -0.3 is 9.42 Å². The molecule has 0 aromatic rings. The van der Waals surface area contributed by atoms with E-state index in [1.807, 2.05) is 0 Å². The fourth-order valence-corrected chi connectivity index (χ4v) is 2.88. The molecule has 0 amide bonds. The quantitative estimate of drug-likeness (QED) is 0.409.